The number of nitrogens with zero attached hydrogens (tertiary/aromatic N) is 4. The highest BCUT2D eigenvalue weighted by Gasteiger charge is 2.21. The molecule has 1 aliphatic heterocycles. The third-order valence-corrected chi connectivity index (χ3v) is 7.22. The van der Waals surface area contributed by atoms with Gasteiger partial charge in [-0.25, -0.2) is 4.98 Å². The fraction of sp³-hybridized carbons (Fsp3) is 0.346. The first-order valence-electron chi connectivity index (χ1n) is 12.4. The Morgan fingerprint density at radius 3 is 2.35 bits per heavy atom. The van der Waals surface area contributed by atoms with Crippen LogP contribution in [0.25, 0.3) is 0 Å². The number of carbonyl (C=O) groups is 1. The van der Waals surface area contributed by atoms with Crippen LogP contribution in [-0.2, 0) is 14.3 Å². The quantitative estimate of drug-likeness (QED) is 0.322. The molecule has 1 amide bonds. The molecular formula is C26H30Cl2N6O5S. The van der Waals surface area contributed by atoms with Gasteiger partial charge in [0.05, 0.1) is 22.0 Å². The fourth-order valence-corrected chi connectivity index (χ4v) is 4.79. The number of carbonyl (C=O) groups excluding carboxylic acids is 1. The van der Waals surface area contributed by atoms with Gasteiger partial charge >= 0.3 is 0 Å². The molecule has 0 spiro atoms. The molecule has 1 fully saturated rings. The van der Waals surface area contributed by atoms with Crippen LogP contribution in [0.3, 0.4) is 0 Å². The van der Waals surface area contributed by atoms with Crippen molar-refractivity contribution in [3.8, 4) is 5.88 Å². The van der Waals surface area contributed by atoms with Crippen molar-refractivity contribution in [3.63, 3.8) is 0 Å². The predicted octanol–water partition coefficient (Wildman–Crippen LogP) is 4.27. The number of hydrogen-bond acceptors (Lipinski definition) is 10. The van der Waals surface area contributed by atoms with Gasteiger partial charge in [0.25, 0.3) is 16.0 Å². The molecule has 0 bridgehead atoms. The second-order valence-corrected chi connectivity index (χ2v) is 11.8. The molecule has 2 N–H and O–H groups in total. The Morgan fingerprint density at radius 2 is 1.73 bits per heavy atom. The monoisotopic (exact) mass is 608 g/mol. The topological polar surface area (TPSA) is 126 Å². The molecule has 14 heteroatoms. The summed E-state index contributed by atoms with van der Waals surface area (Å²) >= 11 is 12.4. The molecule has 2 heterocycles. The Morgan fingerprint density at radius 1 is 1.07 bits per heavy atom. The Bertz CT molecular complexity index is 1430. The third-order valence-electron chi connectivity index (χ3n) is 6.02. The molecule has 40 heavy (non-hydrogen) atoms. The molecule has 1 aromatic heterocycles. The van der Waals surface area contributed by atoms with Crippen LogP contribution in [0.15, 0.2) is 48.7 Å². The number of halogens is 2. The minimum atomic E-state index is -3.69. The lowest BCUT2D eigenvalue weighted by Gasteiger charge is -2.34. The van der Waals surface area contributed by atoms with Crippen molar-refractivity contribution in [2.24, 2.45) is 0 Å². The van der Waals surface area contributed by atoms with Crippen molar-refractivity contribution in [2.45, 2.75) is 13.0 Å². The number of ether oxygens (including phenoxy) is 1. The van der Waals surface area contributed by atoms with Crippen LogP contribution >= 0.6 is 23.2 Å². The number of likely N-dealkylation sites (N-methyl/N-ethyl adjacent to an activating group) is 1. The Balaban J connectivity index is 1.54. The first kappa shape index (κ1) is 29.8. The second kappa shape index (κ2) is 13.0. The van der Waals surface area contributed by atoms with Crippen molar-refractivity contribution in [2.75, 3.05) is 61.6 Å². The summed E-state index contributed by atoms with van der Waals surface area (Å²) < 4.78 is 33.5. The van der Waals surface area contributed by atoms with Crippen molar-refractivity contribution in [1.29, 1.82) is 0 Å². The summed E-state index contributed by atoms with van der Waals surface area (Å²) in [5.41, 5.74) is 2.06. The van der Waals surface area contributed by atoms with Gasteiger partial charge in [0.1, 0.15) is 18.3 Å². The van der Waals surface area contributed by atoms with Crippen LogP contribution in [0.1, 0.15) is 17.3 Å². The second-order valence-electron chi connectivity index (χ2n) is 9.34. The van der Waals surface area contributed by atoms with Gasteiger partial charge in [-0.2, -0.15) is 13.4 Å². The predicted molar refractivity (Wildman–Crippen MR) is 157 cm³/mol. The zero-order chi connectivity index (χ0) is 28.9. The zero-order valence-corrected chi connectivity index (χ0v) is 24.6. The van der Waals surface area contributed by atoms with E-state index in [1.807, 2.05) is 24.3 Å². The van der Waals surface area contributed by atoms with E-state index >= 15 is 0 Å². The molecule has 0 saturated carbocycles. The number of hydrogen-bond donors (Lipinski definition) is 2. The Labute approximate surface area is 243 Å². The number of rotatable bonds is 10. The maximum atomic E-state index is 13.2. The molecule has 0 radical (unpaired) electrons. The van der Waals surface area contributed by atoms with Crippen LogP contribution < -0.4 is 20.3 Å². The smallest absolute Gasteiger partial charge is 0.264 e. The van der Waals surface area contributed by atoms with Crippen LogP contribution in [0.5, 0.6) is 5.88 Å². The minimum Gasteiger partial charge on any atom is -0.471 e. The zero-order valence-electron chi connectivity index (χ0n) is 22.2. The first-order valence-corrected chi connectivity index (χ1v) is 15.0. The summed E-state index contributed by atoms with van der Waals surface area (Å²) in [7, 11) is -1.58. The number of benzene rings is 2. The molecule has 1 atom stereocenters. The van der Waals surface area contributed by atoms with Gasteiger partial charge in [-0.05, 0) is 50.4 Å². The van der Waals surface area contributed by atoms with Gasteiger partial charge in [0.2, 0.25) is 11.8 Å². The molecule has 4 rings (SSSR count). The average Bonchev–Trinajstić information content (AvgIpc) is 2.90. The fourth-order valence-electron chi connectivity index (χ4n) is 3.86. The van der Waals surface area contributed by atoms with E-state index < -0.39 is 22.1 Å². The van der Waals surface area contributed by atoms with Gasteiger partial charge in [-0.15, -0.1) is 0 Å². The van der Waals surface area contributed by atoms with Gasteiger partial charge in [-0.3, -0.25) is 8.98 Å². The van der Waals surface area contributed by atoms with E-state index in [0.717, 1.165) is 43.8 Å². The number of anilines is 4. The van der Waals surface area contributed by atoms with Crippen LogP contribution in [-0.4, -0.2) is 81.4 Å². The molecular weight excluding hydrogens is 579 g/mol. The average molecular weight is 610 g/mol. The number of amides is 1. The maximum Gasteiger partial charge on any atom is 0.264 e. The normalized spacial score (nSPS) is 15.0. The summed E-state index contributed by atoms with van der Waals surface area (Å²) in [5.74, 6) is -0.535. The lowest BCUT2D eigenvalue weighted by Crippen LogP contribution is -2.44. The van der Waals surface area contributed by atoms with Crippen molar-refractivity contribution >= 4 is 62.2 Å². The van der Waals surface area contributed by atoms with E-state index in [-0.39, 0.29) is 39.7 Å². The van der Waals surface area contributed by atoms with E-state index in [9.17, 15) is 13.2 Å². The summed E-state index contributed by atoms with van der Waals surface area (Å²) in [4.78, 5) is 26.5. The van der Waals surface area contributed by atoms with E-state index in [0.29, 0.717) is 0 Å². The Kier molecular flexibility index (Phi) is 9.69. The van der Waals surface area contributed by atoms with Crippen LogP contribution in [0, 0.1) is 0 Å². The molecule has 3 aromatic rings. The molecule has 1 aliphatic rings. The van der Waals surface area contributed by atoms with Crippen LogP contribution in [0.4, 0.5) is 23.0 Å². The molecule has 1 unspecified atom stereocenters. The van der Waals surface area contributed by atoms with Crippen molar-refractivity contribution < 1.29 is 22.1 Å². The summed E-state index contributed by atoms with van der Waals surface area (Å²) in [6, 6.07) is 12.7. The van der Waals surface area contributed by atoms with Gasteiger partial charge in [0, 0.05) is 43.8 Å². The summed E-state index contributed by atoms with van der Waals surface area (Å²) in [6.07, 6.45) is 1.47. The first-order chi connectivity index (χ1) is 19.0. The highest BCUT2D eigenvalue weighted by atomic mass is 35.5. The minimum absolute atomic E-state index is 0.0156. The summed E-state index contributed by atoms with van der Waals surface area (Å²) in [6.45, 7) is 5.23. The third kappa shape index (κ3) is 8.18. The van der Waals surface area contributed by atoms with Gasteiger partial charge < -0.3 is 25.2 Å². The molecule has 214 valence electrons. The van der Waals surface area contributed by atoms with Gasteiger partial charge in [-0.1, -0.05) is 29.3 Å². The molecule has 11 nitrogen and oxygen atoms in total. The number of aromatic nitrogens is 2. The van der Waals surface area contributed by atoms with E-state index in [1.54, 1.807) is 25.1 Å². The van der Waals surface area contributed by atoms with Crippen molar-refractivity contribution in [3.05, 3.63) is 64.3 Å². The lowest BCUT2D eigenvalue weighted by molar-refractivity contribution is 0.101. The highest BCUT2D eigenvalue weighted by molar-refractivity contribution is 7.85. The summed E-state index contributed by atoms with van der Waals surface area (Å²) in [5, 5.41) is 6.27. The lowest BCUT2D eigenvalue weighted by atomic mass is 10.2. The van der Waals surface area contributed by atoms with Crippen LogP contribution in [0.2, 0.25) is 10.0 Å². The van der Waals surface area contributed by atoms with Crippen molar-refractivity contribution in [1.82, 2.24) is 14.9 Å². The largest absolute Gasteiger partial charge is 0.471 e. The maximum absolute atomic E-state index is 13.2. The van der Waals surface area contributed by atoms with E-state index in [2.05, 4.69) is 37.4 Å². The number of para-hydroxylation sites is 1. The highest BCUT2D eigenvalue weighted by Crippen LogP contribution is 2.31. The van der Waals surface area contributed by atoms with Gasteiger partial charge in [0.15, 0.2) is 0 Å². The Hall–Kier alpha value is -3.16. The van der Waals surface area contributed by atoms with E-state index in [1.165, 1.54) is 6.20 Å². The number of nitrogens with one attached hydrogen (secondary N) is 2. The molecule has 0 aliphatic carbocycles. The molecule has 2 aromatic carbocycles. The SMILES string of the molecule is CC(COS(C)(=O)=O)Oc1nc(Nc2ccc(N3CCN(C)CC3)cc2)ncc1C(=O)Nc1c(Cl)cccc1Cl. The number of piperazine rings is 1. The molecule has 1 saturated heterocycles. The van der Waals surface area contributed by atoms with E-state index in [4.69, 9.17) is 32.1 Å². The standard InChI is InChI=1S/C26H30Cl2N6O5S/c1-17(16-38-40(3,36)37)39-25-20(24(35)31-23-21(27)5-4-6-22(23)28)15-29-26(32-25)30-18-7-9-19(10-8-18)34-13-11-33(2)12-14-34/h4-10,15,17H,11-14,16H2,1-3H3,(H,31,35)(H,29,30,32).